The fourth-order valence-electron chi connectivity index (χ4n) is 1.53. The van der Waals surface area contributed by atoms with Crippen LogP contribution in [0.1, 0.15) is 23.2 Å². The molecule has 6 heteroatoms. The standard InChI is InChI=1S/C12H17N3O3/c13-10-6-15-11(5-9(10)12(16)17)14-3-4-18-7-8-1-2-8/h5-6,8H,1-4,7,13H2,(H,14,15)(H,16,17). The largest absolute Gasteiger partial charge is 0.478 e. The number of aromatic nitrogens is 1. The lowest BCUT2D eigenvalue weighted by molar-refractivity contribution is 0.0698. The molecule has 1 aliphatic carbocycles. The van der Waals surface area contributed by atoms with Crippen molar-refractivity contribution in [2.75, 3.05) is 30.8 Å². The van der Waals surface area contributed by atoms with Gasteiger partial charge in [-0.05, 0) is 24.8 Å². The van der Waals surface area contributed by atoms with Crippen LogP contribution in [0.2, 0.25) is 0 Å². The second-order valence-electron chi connectivity index (χ2n) is 4.41. The molecule has 1 aliphatic rings. The van der Waals surface area contributed by atoms with Crippen LogP contribution in [-0.2, 0) is 4.74 Å². The molecule has 1 aromatic heterocycles. The quantitative estimate of drug-likeness (QED) is 0.630. The van der Waals surface area contributed by atoms with Crippen molar-refractivity contribution in [1.29, 1.82) is 0 Å². The highest BCUT2D eigenvalue weighted by Crippen LogP contribution is 2.28. The number of hydrogen-bond donors (Lipinski definition) is 3. The monoisotopic (exact) mass is 251 g/mol. The molecule has 0 aliphatic heterocycles. The summed E-state index contributed by atoms with van der Waals surface area (Å²) in [4.78, 5) is 14.9. The zero-order chi connectivity index (χ0) is 13.0. The second-order valence-corrected chi connectivity index (χ2v) is 4.41. The summed E-state index contributed by atoms with van der Waals surface area (Å²) in [5.41, 5.74) is 5.74. The third-order valence-electron chi connectivity index (χ3n) is 2.77. The van der Waals surface area contributed by atoms with Crippen LogP contribution in [0.25, 0.3) is 0 Å². The van der Waals surface area contributed by atoms with Crippen LogP contribution in [-0.4, -0.2) is 35.8 Å². The van der Waals surface area contributed by atoms with E-state index in [0.717, 1.165) is 12.5 Å². The van der Waals surface area contributed by atoms with E-state index in [9.17, 15) is 4.79 Å². The molecule has 1 saturated carbocycles. The van der Waals surface area contributed by atoms with Gasteiger partial charge in [0, 0.05) is 13.2 Å². The number of hydrogen-bond acceptors (Lipinski definition) is 5. The molecule has 0 atom stereocenters. The third-order valence-corrected chi connectivity index (χ3v) is 2.77. The first-order valence-corrected chi connectivity index (χ1v) is 5.97. The first-order chi connectivity index (χ1) is 8.66. The van der Waals surface area contributed by atoms with Gasteiger partial charge in [0.15, 0.2) is 0 Å². The number of ether oxygens (including phenoxy) is 1. The maximum atomic E-state index is 10.9. The number of nitrogen functional groups attached to an aromatic ring is 1. The molecular weight excluding hydrogens is 234 g/mol. The third kappa shape index (κ3) is 3.59. The lowest BCUT2D eigenvalue weighted by Crippen LogP contribution is -2.12. The summed E-state index contributed by atoms with van der Waals surface area (Å²) < 4.78 is 5.45. The Bertz CT molecular complexity index is 433. The molecule has 4 N–H and O–H groups in total. The highest BCUT2D eigenvalue weighted by molar-refractivity contribution is 5.94. The number of aromatic carboxylic acids is 1. The molecule has 1 fully saturated rings. The van der Waals surface area contributed by atoms with Gasteiger partial charge < -0.3 is 20.9 Å². The Hall–Kier alpha value is -1.82. The SMILES string of the molecule is Nc1cnc(NCCOCC2CC2)cc1C(=O)O. The summed E-state index contributed by atoms with van der Waals surface area (Å²) in [6.45, 7) is 2.00. The average molecular weight is 251 g/mol. The van der Waals surface area contributed by atoms with E-state index in [2.05, 4.69) is 10.3 Å². The van der Waals surface area contributed by atoms with Crippen LogP contribution in [0.5, 0.6) is 0 Å². The molecule has 1 aromatic rings. The van der Waals surface area contributed by atoms with Crippen molar-refractivity contribution in [3.63, 3.8) is 0 Å². The van der Waals surface area contributed by atoms with Crippen LogP contribution >= 0.6 is 0 Å². The van der Waals surface area contributed by atoms with Crippen molar-refractivity contribution in [2.24, 2.45) is 5.92 Å². The number of rotatable bonds is 7. The molecule has 0 saturated heterocycles. The first kappa shape index (κ1) is 12.6. The van der Waals surface area contributed by atoms with Gasteiger partial charge in [0.2, 0.25) is 0 Å². The molecule has 2 rings (SSSR count). The highest BCUT2D eigenvalue weighted by Gasteiger charge is 2.20. The summed E-state index contributed by atoms with van der Waals surface area (Å²) in [6, 6.07) is 1.43. The number of nitrogens with one attached hydrogen (secondary N) is 1. The predicted molar refractivity (Wildman–Crippen MR) is 67.6 cm³/mol. The number of nitrogens with zero attached hydrogens (tertiary/aromatic N) is 1. The Labute approximate surface area is 105 Å². The normalized spacial score (nSPS) is 14.4. The van der Waals surface area contributed by atoms with E-state index < -0.39 is 5.97 Å². The Morgan fingerprint density at radius 3 is 3.06 bits per heavy atom. The lowest BCUT2D eigenvalue weighted by atomic mass is 10.2. The van der Waals surface area contributed by atoms with Crippen LogP contribution < -0.4 is 11.1 Å². The molecule has 0 unspecified atom stereocenters. The Balaban J connectivity index is 1.77. The summed E-state index contributed by atoms with van der Waals surface area (Å²) >= 11 is 0. The van der Waals surface area contributed by atoms with Crippen molar-refractivity contribution >= 4 is 17.5 Å². The summed E-state index contributed by atoms with van der Waals surface area (Å²) in [5.74, 6) is 0.192. The number of carboxylic acids is 1. The van der Waals surface area contributed by atoms with Gasteiger partial charge in [-0.15, -0.1) is 0 Å². The van der Waals surface area contributed by atoms with Crippen LogP contribution in [0, 0.1) is 5.92 Å². The van der Waals surface area contributed by atoms with E-state index in [4.69, 9.17) is 15.6 Å². The number of anilines is 2. The van der Waals surface area contributed by atoms with Gasteiger partial charge in [0.05, 0.1) is 24.1 Å². The van der Waals surface area contributed by atoms with Gasteiger partial charge in [0.1, 0.15) is 5.82 Å². The molecule has 1 heterocycles. The summed E-state index contributed by atoms with van der Waals surface area (Å²) in [5, 5.41) is 11.9. The number of nitrogens with two attached hydrogens (primary N) is 1. The van der Waals surface area contributed by atoms with E-state index in [0.29, 0.717) is 19.0 Å². The van der Waals surface area contributed by atoms with Crippen LogP contribution in [0.3, 0.4) is 0 Å². The molecule has 18 heavy (non-hydrogen) atoms. The summed E-state index contributed by atoms with van der Waals surface area (Å²) in [7, 11) is 0. The lowest BCUT2D eigenvalue weighted by Gasteiger charge is -2.08. The molecule has 98 valence electrons. The molecule has 0 bridgehead atoms. The predicted octanol–water partition coefficient (Wildman–Crippen LogP) is 1.20. The smallest absolute Gasteiger partial charge is 0.337 e. The first-order valence-electron chi connectivity index (χ1n) is 5.97. The number of carboxylic acid groups (broad SMARTS) is 1. The molecular formula is C12H17N3O3. The fraction of sp³-hybridized carbons (Fsp3) is 0.500. The van der Waals surface area contributed by atoms with E-state index >= 15 is 0 Å². The Morgan fingerprint density at radius 1 is 1.61 bits per heavy atom. The van der Waals surface area contributed by atoms with Gasteiger partial charge in [-0.3, -0.25) is 0 Å². The second kappa shape index (κ2) is 5.68. The van der Waals surface area contributed by atoms with E-state index in [1.54, 1.807) is 0 Å². The van der Waals surface area contributed by atoms with Gasteiger partial charge >= 0.3 is 5.97 Å². The van der Waals surface area contributed by atoms with Crippen molar-refractivity contribution in [1.82, 2.24) is 4.98 Å². The van der Waals surface area contributed by atoms with Gasteiger partial charge in [-0.2, -0.15) is 0 Å². The molecule has 6 nitrogen and oxygen atoms in total. The zero-order valence-electron chi connectivity index (χ0n) is 10.1. The van der Waals surface area contributed by atoms with Crippen LogP contribution in [0.4, 0.5) is 11.5 Å². The van der Waals surface area contributed by atoms with Crippen molar-refractivity contribution < 1.29 is 14.6 Å². The number of carbonyl (C=O) groups is 1. The zero-order valence-corrected chi connectivity index (χ0v) is 10.1. The van der Waals surface area contributed by atoms with Crippen molar-refractivity contribution in [2.45, 2.75) is 12.8 Å². The van der Waals surface area contributed by atoms with Crippen LogP contribution in [0.15, 0.2) is 12.3 Å². The maximum absolute atomic E-state index is 10.9. The Morgan fingerprint density at radius 2 is 2.39 bits per heavy atom. The topological polar surface area (TPSA) is 97.5 Å². The minimum Gasteiger partial charge on any atom is -0.478 e. The number of pyridine rings is 1. The fourth-order valence-corrected chi connectivity index (χ4v) is 1.53. The van der Waals surface area contributed by atoms with Gasteiger partial charge in [-0.1, -0.05) is 0 Å². The molecule has 0 aromatic carbocycles. The van der Waals surface area contributed by atoms with Crippen molar-refractivity contribution in [3.8, 4) is 0 Å². The Kier molecular flexibility index (Phi) is 3.99. The average Bonchev–Trinajstić information content (AvgIpc) is 3.14. The van der Waals surface area contributed by atoms with E-state index in [1.165, 1.54) is 25.1 Å². The molecule has 0 spiro atoms. The van der Waals surface area contributed by atoms with E-state index in [-0.39, 0.29) is 11.3 Å². The molecule has 0 amide bonds. The van der Waals surface area contributed by atoms with E-state index in [1.807, 2.05) is 0 Å². The van der Waals surface area contributed by atoms with Gasteiger partial charge in [0.25, 0.3) is 0 Å². The maximum Gasteiger partial charge on any atom is 0.337 e. The van der Waals surface area contributed by atoms with Gasteiger partial charge in [-0.25, -0.2) is 9.78 Å². The minimum atomic E-state index is -1.05. The highest BCUT2D eigenvalue weighted by atomic mass is 16.5. The minimum absolute atomic E-state index is 0.0615. The summed E-state index contributed by atoms with van der Waals surface area (Å²) in [6.07, 6.45) is 3.89. The van der Waals surface area contributed by atoms with Crippen molar-refractivity contribution in [3.05, 3.63) is 17.8 Å². The molecule has 0 radical (unpaired) electrons.